The summed E-state index contributed by atoms with van der Waals surface area (Å²) in [6.07, 6.45) is 2.30. The van der Waals surface area contributed by atoms with Crippen LogP contribution in [0.15, 0.2) is 52.3 Å². The van der Waals surface area contributed by atoms with Crippen LogP contribution >= 0.6 is 23.4 Å². The van der Waals surface area contributed by atoms with Crippen molar-refractivity contribution in [2.24, 2.45) is 0 Å². The van der Waals surface area contributed by atoms with E-state index in [0.29, 0.717) is 13.1 Å². The van der Waals surface area contributed by atoms with Gasteiger partial charge in [-0.1, -0.05) is 93.7 Å². The molecule has 1 fully saturated rings. The summed E-state index contributed by atoms with van der Waals surface area (Å²) in [5, 5.41) is 0. The Bertz CT molecular complexity index is 806. The zero-order chi connectivity index (χ0) is 23.9. The van der Waals surface area contributed by atoms with Crippen LogP contribution in [-0.2, 0) is 4.74 Å². The Kier molecular flexibility index (Phi) is 14.0. The fourth-order valence-corrected chi connectivity index (χ4v) is 4.24. The number of ether oxygens (including phenoxy) is 1. The second-order valence-electron chi connectivity index (χ2n) is 7.33. The van der Waals surface area contributed by atoms with Crippen LogP contribution in [0.4, 0.5) is 10.5 Å². The van der Waals surface area contributed by atoms with Crippen LogP contribution in [0.1, 0.15) is 51.7 Å². The molecule has 2 aromatic rings. The molecule has 0 spiro atoms. The molecule has 2 aromatic carbocycles. The maximum absolute atomic E-state index is 11.8. The number of halogens is 1. The van der Waals surface area contributed by atoms with E-state index in [1.54, 1.807) is 16.7 Å². The van der Waals surface area contributed by atoms with E-state index in [4.69, 9.17) is 16.3 Å². The molecule has 0 N–H and O–H groups in total. The van der Waals surface area contributed by atoms with E-state index < -0.39 is 0 Å². The van der Waals surface area contributed by atoms with Crippen molar-refractivity contribution in [2.45, 2.75) is 64.2 Å². The Balaban J connectivity index is 0.000000769. The summed E-state index contributed by atoms with van der Waals surface area (Å²) in [5.41, 5.74) is 3.78. The van der Waals surface area contributed by atoms with Gasteiger partial charge in [0.25, 0.3) is 0 Å². The summed E-state index contributed by atoms with van der Waals surface area (Å²) < 4.78 is 4.88. The van der Waals surface area contributed by atoms with Gasteiger partial charge in [-0.25, -0.2) is 4.79 Å². The molecular weight excluding hydrogens is 440 g/mol. The summed E-state index contributed by atoms with van der Waals surface area (Å²) >= 11 is 7.27. The Morgan fingerprint density at radius 3 is 2.16 bits per heavy atom. The fourth-order valence-electron chi connectivity index (χ4n) is 3.10. The van der Waals surface area contributed by atoms with Gasteiger partial charge >= 0.3 is 6.09 Å². The molecule has 0 saturated carbocycles. The molecule has 1 heterocycles. The molecule has 0 radical (unpaired) electrons. The van der Waals surface area contributed by atoms with Crippen molar-refractivity contribution < 1.29 is 9.53 Å². The Labute approximate surface area is 204 Å². The quantitative estimate of drug-likeness (QED) is 0.411. The van der Waals surface area contributed by atoms with Crippen molar-refractivity contribution in [3.8, 4) is 0 Å². The fraction of sp³-hybridized carbons (Fsp3) is 0.500. The van der Waals surface area contributed by atoms with Gasteiger partial charge in [0.2, 0.25) is 0 Å². The van der Waals surface area contributed by atoms with E-state index in [2.05, 4.69) is 75.1 Å². The SMILES string of the molecule is CC.CCCC.Cc1ccc(Sc2ccccc2N2CCN(C(=O)OCCl)CC2)c(C)c1. The summed E-state index contributed by atoms with van der Waals surface area (Å²) in [5.74, 6) is 0. The minimum absolute atomic E-state index is 0.103. The van der Waals surface area contributed by atoms with Crippen LogP contribution in [-0.4, -0.2) is 43.2 Å². The van der Waals surface area contributed by atoms with Gasteiger partial charge in [0.1, 0.15) is 0 Å². The second-order valence-corrected chi connectivity index (χ2v) is 8.63. The number of benzene rings is 2. The first-order chi connectivity index (χ1) is 15.5. The molecule has 6 heteroatoms. The van der Waals surface area contributed by atoms with Crippen molar-refractivity contribution in [1.82, 2.24) is 4.90 Å². The number of amides is 1. The largest absolute Gasteiger partial charge is 0.433 e. The first-order valence-electron chi connectivity index (χ1n) is 11.6. The van der Waals surface area contributed by atoms with Gasteiger partial charge in [-0.2, -0.15) is 0 Å². The predicted molar refractivity (Wildman–Crippen MR) is 139 cm³/mol. The Morgan fingerprint density at radius 2 is 1.59 bits per heavy atom. The molecule has 1 amide bonds. The smallest absolute Gasteiger partial charge is 0.411 e. The van der Waals surface area contributed by atoms with E-state index in [-0.39, 0.29) is 12.2 Å². The van der Waals surface area contributed by atoms with Crippen LogP contribution in [0.2, 0.25) is 0 Å². The number of rotatable bonds is 5. The van der Waals surface area contributed by atoms with E-state index in [1.807, 2.05) is 13.8 Å². The highest BCUT2D eigenvalue weighted by Gasteiger charge is 2.23. The molecule has 4 nitrogen and oxygen atoms in total. The third-order valence-electron chi connectivity index (χ3n) is 4.97. The molecule has 0 aromatic heterocycles. The van der Waals surface area contributed by atoms with E-state index in [1.165, 1.54) is 39.4 Å². The zero-order valence-electron chi connectivity index (χ0n) is 20.5. The van der Waals surface area contributed by atoms with Gasteiger partial charge < -0.3 is 14.5 Å². The number of nitrogens with zero attached hydrogens (tertiary/aromatic N) is 2. The van der Waals surface area contributed by atoms with E-state index in [9.17, 15) is 4.79 Å². The van der Waals surface area contributed by atoms with Gasteiger partial charge in [0, 0.05) is 36.0 Å². The van der Waals surface area contributed by atoms with Crippen LogP contribution in [0.3, 0.4) is 0 Å². The maximum Gasteiger partial charge on any atom is 0.411 e. The number of aryl methyl sites for hydroxylation is 2. The molecule has 0 bridgehead atoms. The van der Waals surface area contributed by atoms with Gasteiger partial charge in [-0.05, 0) is 37.6 Å². The van der Waals surface area contributed by atoms with Crippen LogP contribution in [0.5, 0.6) is 0 Å². The average molecular weight is 479 g/mol. The summed E-state index contributed by atoms with van der Waals surface area (Å²) in [7, 11) is 0. The molecule has 1 saturated heterocycles. The highest BCUT2D eigenvalue weighted by atomic mass is 35.5. The summed E-state index contributed by atoms with van der Waals surface area (Å²) in [4.78, 5) is 18.4. The highest BCUT2D eigenvalue weighted by molar-refractivity contribution is 7.99. The number of alkyl halides is 1. The number of piperazine rings is 1. The Morgan fingerprint density at radius 1 is 0.969 bits per heavy atom. The third kappa shape index (κ3) is 8.95. The zero-order valence-corrected chi connectivity index (χ0v) is 22.1. The lowest BCUT2D eigenvalue weighted by Crippen LogP contribution is -2.49. The monoisotopic (exact) mass is 478 g/mol. The minimum Gasteiger partial charge on any atom is -0.433 e. The molecule has 1 aliphatic rings. The number of unbranched alkanes of at least 4 members (excludes halogenated alkanes) is 1. The third-order valence-corrected chi connectivity index (χ3v) is 6.32. The standard InChI is InChI=1S/C20H23ClN2O2S.C4H10.C2H6/c1-15-7-8-18(16(2)13-15)26-19-6-4-3-5-17(19)22-9-11-23(12-10-22)20(24)25-14-21;1-3-4-2;1-2/h3-8,13H,9-12,14H2,1-2H3;3-4H2,1-2H3;1-2H3. The molecule has 0 aliphatic carbocycles. The van der Waals surface area contributed by atoms with Crippen LogP contribution < -0.4 is 4.90 Å². The number of hydrogen-bond donors (Lipinski definition) is 0. The normalized spacial score (nSPS) is 12.8. The van der Waals surface area contributed by atoms with Crippen molar-refractivity contribution in [2.75, 3.05) is 37.1 Å². The Hall–Kier alpha value is -1.85. The average Bonchev–Trinajstić information content (AvgIpc) is 2.83. The second kappa shape index (κ2) is 15.9. The highest BCUT2D eigenvalue weighted by Crippen LogP contribution is 2.37. The summed E-state index contributed by atoms with van der Waals surface area (Å²) in [6, 6.07) is 14.9. The lowest BCUT2D eigenvalue weighted by Gasteiger charge is -2.36. The van der Waals surface area contributed by atoms with Crippen molar-refractivity contribution >= 4 is 35.1 Å². The lowest BCUT2D eigenvalue weighted by atomic mass is 10.2. The number of carbonyl (C=O) groups excluding carboxylic acids is 1. The van der Waals surface area contributed by atoms with Gasteiger partial charge in [-0.15, -0.1) is 0 Å². The van der Waals surface area contributed by atoms with Gasteiger partial charge in [-0.3, -0.25) is 0 Å². The number of carbonyl (C=O) groups is 1. The molecular formula is C26H39ClN2O2S. The van der Waals surface area contributed by atoms with Crippen LogP contribution in [0, 0.1) is 13.8 Å². The van der Waals surface area contributed by atoms with E-state index in [0.717, 1.165) is 13.1 Å². The molecule has 0 unspecified atom stereocenters. The van der Waals surface area contributed by atoms with Crippen LogP contribution in [0.25, 0.3) is 0 Å². The molecule has 32 heavy (non-hydrogen) atoms. The van der Waals surface area contributed by atoms with Crippen molar-refractivity contribution in [3.63, 3.8) is 0 Å². The topological polar surface area (TPSA) is 32.8 Å². The van der Waals surface area contributed by atoms with Gasteiger partial charge in [0.05, 0.1) is 5.69 Å². The number of anilines is 1. The first-order valence-corrected chi connectivity index (χ1v) is 12.9. The first kappa shape index (κ1) is 28.2. The summed E-state index contributed by atoms with van der Waals surface area (Å²) in [6.45, 7) is 15.5. The molecule has 0 atom stereocenters. The van der Waals surface area contributed by atoms with Gasteiger partial charge in [0.15, 0.2) is 6.07 Å². The lowest BCUT2D eigenvalue weighted by molar-refractivity contribution is 0.115. The molecule has 178 valence electrons. The van der Waals surface area contributed by atoms with Crippen molar-refractivity contribution in [3.05, 3.63) is 53.6 Å². The van der Waals surface area contributed by atoms with Crippen molar-refractivity contribution in [1.29, 1.82) is 0 Å². The maximum atomic E-state index is 11.8. The number of hydrogen-bond acceptors (Lipinski definition) is 4. The van der Waals surface area contributed by atoms with E-state index >= 15 is 0 Å². The molecule has 3 rings (SSSR count). The minimum atomic E-state index is -0.336. The number of para-hydroxylation sites is 1. The predicted octanol–water partition coefficient (Wildman–Crippen LogP) is 7.74. The molecule has 1 aliphatic heterocycles.